The van der Waals surface area contributed by atoms with Crippen molar-refractivity contribution >= 4 is 11.8 Å². The second-order valence-electron chi connectivity index (χ2n) is 4.76. The van der Waals surface area contributed by atoms with Crippen molar-refractivity contribution in [3.63, 3.8) is 0 Å². The molecule has 1 atom stereocenters. The summed E-state index contributed by atoms with van der Waals surface area (Å²) in [6.07, 6.45) is 0. The van der Waals surface area contributed by atoms with Gasteiger partial charge in [0, 0.05) is 10.6 Å². The summed E-state index contributed by atoms with van der Waals surface area (Å²) in [5.41, 5.74) is 6.70. The number of hydrogen-bond acceptors (Lipinski definition) is 3. The van der Waals surface area contributed by atoms with Crippen LogP contribution in [0.5, 0.6) is 0 Å². The number of nitrogens with one attached hydrogen (secondary N) is 1. The third-order valence-corrected chi connectivity index (χ3v) is 4.19. The molecule has 2 aromatic carbocycles. The van der Waals surface area contributed by atoms with Crippen molar-refractivity contribution in [2.75, 3.05) is 5.75 Å². The lowest BCUT2D eigenvalue weighted by Gasteiger charge is -2.16. The minimum absolute atomic E-state index is 0.172. The molecule has 0 amide bonds. The molecule has 0 aliphatic heterocycles. The average Bonchev–Trinajstić information content (AvgIpc) is 2.42. The van der Waals surface area contributed by atoms with Crippen molar-refractivity contribution < 1.29 is 0 Å². The largest absolute Gasteiger partial charge is 0.271 e. The van der Waals surface area contributed by atoms with Crippen LogP contribution in [0.25, 0.3) is 0 Å². The first-order valence-electron chi connectivity index (χ1n) is 6.41. The highest BCUT2D eigenvalue weighted by molar-refractivity contribution is 7.99. The van der Waals surface area contributed by atoms with Crippen LogP contribution in [0.2, 0.25) is 0 Å². The molecule has 0 aliphatic carbocycles. The SMILES string of the molecule is Cc1ccc(SCC(NN)c2cccc(C)c2)cc1. The van der Waals surface area contributed by atoms with E-state index in [9.17, 15) is 0 Å². The molecule has 1 unspecified atom stereocenters. The van der Waals surface area contributed by atoms with Gasteiger partial charge in [0.15, 0.2) is 0 Å². The van der Waals surface area contributed by atoms with Gasteiger partial charge in [-0.1, -0.05) is 47.5 Å². The normalized spacial score (nSPS) is 12.4. The second kappa shape index (κ2) is 6.75. The first-order chi connectivity index (χ1) is 9.19. The Morgan fingerprint density at radius 3 is 2.42 bits per heavy atom. The summed E-state index contributed by atoms with van der Waals surface area (Å²) < 4.78 is 0. The van der Waals surface area contributed by atoms with E-state index in [1.165, 1.54) is 21.6 Å². The lowest BCUT2D eigenvalue weighted by molar-refractivity contribution is 0.610. The Morgan fingerprint density at radius 2 is 1.79 bits per heavy atom. The number of aryl methyl sites for hydroxylation is 2. The third-order valence-electron chi connectivity index (χ3n) is 3.08. The van der Waals surface area contributed by atoms with Crippen LogP contribution in [0, 0.1) is 13.8 Å². The van der Waals surface area contributed by atoms with Gasteiger partial charge in [0.05, 0.1) is 6.04 Å². The van der Waals surface area contributed by atoms with Gasteiger partial charge in [-0.3, -0.25) is 11.3 Å². The van der Waals surface area contributed by atoms with E-state index in [4.69, 9.17) is 5.84 Å². The summed E-state index contributed by atoms with van der Waals surface area (Å²) in [5, 5.41) is 0. The second-order valence-corrected chi connectivity index (χ2v) is 5.85. The molecular formula is C16H20N2S. The molecule has 0 saturated carbocycles. The molecular weight excluding hydrogens is 252 g/mol. The molecule has 2 nitrogen and oxygen atoms in total. The fourth-order valence-electron chi connectivity index (χ4n) is 1.94. The van der Waals surface area contributed by atoms with E-state index >= 15 is 0 Å². The van der Waals surface area contributed by atoms with Crippen molar-refractivity contribution in [2.45, 2.75) is 24.8 Å². The van der Waals surface area contributed by atoms with E-state index in [-0.39, 0.29) is 6.04 Å². The highest BCUT2D eigenvalue weighted by atomic mass is 32.2. The zero-order chi connectivity index (χ0) is 13.7. The molecule has 0 spiro atoms. The molecule has 0 fully saturated rings. The molecule has 0 aliphatic rings. The molecule has 3 N–H and O–H groups in total. The van der Waals surface area contributed by atoms with Crippen LogP contribution >= 0.6 is 11.8 Å². The monoisotopic (exact) mass is 272 g/mol. The Hall–Kier alpha value is -1.29. The van der Waals surface area contributed by atoms with Gasteiger partial charge < -0.3 is 0 Å². The summed E-state index contributed by atoms with van der Waals surface area (Å²) in [6, 6.07) is 17.2. The number of benzene rings is 2. The number of thioether (sulfide) groups is 1. The topological polar surface area (TPSA) is 38.0 Å². The summed E-state index contributed by atoms with van der Waals surface area (Å²) in [4.78, 5) is 1.28. The maximum absolute atomic E-state index is 5.68. The van der Waals surface area contributed by atoms with Gasteiger partial charge in [-0.2, -0.15) is 0 Å². The van der Waals surface area contributed by atoms with Gasteiger partial charge in [-0.15, -0.1) is 11.8 Å². The van der Waals surface area contributed by atoms with Crippen LogP contribution in [0.15, 0.2) is 53.4 Å². The van der Waals surface area contributed by atoms with E-state index in [0.717, 1.165) is 5.75 Å². The lowest BCUT2D eigenvalue weighted by Crippen LogP contribution is -2.29. The Labute approximate surface area is 119 Å². The highest BCUT2D eigenvalue weighted by Crippen LogP contribution is 2.25. The van der Waals surface area contributed by atoms with Gasteiger partial charge in [0.2, 0.25) is 0 Å². The molecule has 0 aromatic heterocycles. The van der Waals surface area contributed by atoms with Crippen LogP contribution < -0.4 is 11.3 Å². The van der Waals surface area contributed by atoms with E-state index in [2.05, 4.69) is 67.8 Å². The molecule has 0 saturated heterocycles. The molecule has 100 valence electrons. The molecule has 0 radical (unpaired) electrons. The Kier molecular flexibility index (Phi) is 5.02. The Morgan fingerprint density at radius 1 is 1.05 bits per heavy atom. The predicted molar refractivity (Wildman–Crippen MR) is 83.1 cm³/mol. The van der Waals surface area contributed by atoms with Crippen molar-refractivity contribution in [2.24, 2.45) is 5.84 Å². The maximum Gasteiger partial charge on any atom is 0.0554 e. The maximum atomic E-state index is 5.68. The smallest absolute Gasteiger partial charge is 0.0554 e. The zero-order valence-corrected chi connectivity index (χ0v) is 12.2. The van der Waals surface area contributed by atoms with Crippen LogP contribution in [-0.2, 0) is 0 Å². The fourth-order valence-corrected chi connectivity index (χ4v) is 2.92. The van der Waals surface area contributed by atoms with E-state index < -0.39 is 0 Å². The van der Waals surface area contributed by atoms with Gasteiger partial charge in [-0.05, 0) is 31.5 Å². The van der Waals surface area contributed by atoms with Crippen LogP contribution in [0.4, 0.5) is 0 Å². The zero-order valence-electron chi connectivity index (χ0n) is 11.4. The van der Waals surface area contributed by atoms with Crippen LogP contribution in [0.1, 0.15) is 22.7 Å². The lowest BCUT2D eigenvalue weighted by atomic mass is 10.1. The molecule has 0 heterocycles. The summed E-state index contributed by atoms with van der Waals surface area (Å²) >= 11 is 1.82. The van der Waals surface area contributed by atoms with Crippen LogP contribution in [-0.4, -0.2) is 5.75 Å². The van der Waals surface area contributed by atoms with E-state index in [0.29, 0.717) is 0 Å². The van der Waals surface area contributed by atoms with E-state index in [1.54, 1.807) is 0 Å². The predicted octanol–water partition coefficient (Wildman–Crippen LogP) is 3.60. The molecule has 0 bridgehead atoms. The summed E-state index contributed by atoms with van der Waals surface area (Å²) in [6.45, 7) is 4.20. The van der Waals surface area contributed by atoms with E-state index in [1.807, 2.05) is 11.8 Å². The molecule has 2 rings (SSSR count). The number of nitrogens with two attached hydrogens (primary N) is 1. The Bertz CT molecular complexity index is 523. The molecule has 2 aromatic rings. The minimum atomic E-state index is 0.172. The molecule has 19 heavy (non-hydrogen) atoms. The van der Waals surface area contributed by atoms with Gasteiger partial charge in [0.1, 0.15) is 0 Å². The molecule has 3 heteroatoms. The first-order valence-corrected chi connectivity index (χ1v) is 7.40. The summed E-state index contributed by atoms with van der Waals surface area (Å²) in [7, 11) is 0. The standard InChI is InChI=1S/C16H20N2S/c1-12-6-8-15(9-7-12)19-11-16(18-17)14-5-3-4-13(2)10-14/h3-10,16,18H,11,17H2,1-2H3. The quantitative estimate of drug-likeness (QED) is 0.496. The minimum Gasteiger partial charge on any atom is -0.271 e. The van der Waals surface area contributed by atoms with Gasteiger partial charge in [-0.25, -0.2) is 0 Å². The van der Waals surface area contributed by atoms with Crippen molar-refractivity contribution in [1.29, 1.82) is 0 Å². The fraction of sp³-hybridized carbons (Fsp3) is 0.250. The number of hydrazine groups is 1. The van der Waals surface area contributed by atoms with Gasteiger partial charge in [0.25, 0.3) is 0 Å². The third kappa shape index (κ3) is 4.10. The van der Waals surface area contributed by atoms with Crippen molar-refractivity contribution in [3.05, 3.63) is 65.2 Å². The number of hydrogen-bond donors (Lipinski definition) is 2. The average molecular weight is 272 g/mol. The van der Waals surface area contributed by atoms with Crippen LogP contribution in [0.3, 0.4) is 0 Å². The highest BCUT2D eigenvalue weighted by Gasteiger charge is 2.10. The first kappa shape index (κ1) is 14.1. The van der Waals surface area contributed by atoms with Gasteiger partial charge >= 0.3 is 0 Å². The number of rotatable bonds is 5. The van der Waals surface area contributed by atoms with Crippen molar-refractivity contribution in [3.8, 4) is 0 Å². The van der Waals surface area contributed by atoms with Crippen molar-refractivity contribution in [1.82, 2.24) is 5.43 Å². The summed E-state index contributed by atoms with van der Waals surface area (Å²) in [5.74, 6) is 6.60. The Balaban J connectivity index is 2.01.